The summed E-state index contributed by atoms with van der Waals surface area (Å²) in [6, 6.07) is 30.5. The molecule has 5 nitrogen and oxygen atoms in total. The van der Waals surface area contributed by atoms with Crippen molar-refractivity contribution in [3.8, 4) is 5.75 Å². The Bertz CT molecular complexity index is 1250. The lowest BCUT2D eigenvalue weighted by Crippen LogP contribution is -2.46. The normalized spacial score (nSPS) is 11.6. The van der Waals surface area contributed by atoms with Gasteiger partial charge in [0.05, 0.1) is 6.42 Å². The van der Waals surface area contributed by atoms with Crippen LogP contribution in [0.15, 0.2) is 97.1 Å². The van der Waals surface area contributed by atoms with Gasteiger partial charge in [-0.2, -0.15) is 0 Å². The van der Waals surface area contributed by atoms with Crippen molar-refractivity contribution in [2.75, 3.05) is 0 Å². The van der Waals surface area contributed by atoms with E-state index in [1.165, 1.54) is 0 Å². The number of rotatable bonds is 9. The first-order chi connectivity index (χ1) is 16.1. The van der Waals surface area contributed by atoms with Crippen LogP contribution in [0.4, 0.5) is 0 Å². The van der Waals surface area contributed by atoms with Crippen molar-refractivity contribution in [1.82, 2.24) is 5.32 Å². The van der Waals surface area contributed by atoms with Gasteiger partial charge in [0.1, 0.15) is 18.4 Å². The Morgan fingerprint density at radius 3 is 2.27 bits per heavy atom. The third kappa shape index (κ3) is 6.20. The van der Waals surface area contributed by atoms with Crippen molar-refractivity contribution in [1.29, 1.82) is 0 Å². The van der Waals surface area contributed by atoms with Crippen LogP contribution < -0.4 is 15.8 Å². The minimum atomic E-state index is -0.803. The summed E-state index contributed by atoms with van der Waals surface area (Å²) in [5.74, 6) is -0.120. The second kappa shape index (κ2) is 10.5. The molecule has 0 aliphatic carbocycles. The van der Waals surface area contributed by atoms with Gasteiger partial charge in [-0.15, -0.1) is 0 Å². The minimum absolute atomic E-state index is 0.175. The largest absolute Gasteiger partial charge is 0.489 e. The predicted octanol–water partition coefficient (Wildman–Crippen LogP) is 4.17. The van der Waals surface area contributed by atoms with Crippen LogP contribution in [-0.2, 0) is 29.0 Å². The summed E-state index contributed by atoms with van der Waals surface area (Å²) in [5.41, 5.74) is 8.39. The fourth-order valence-corrected chi connectivity index (χ4v) is 3.74. The molecule has 0 bridgehead atoms. The highest BCUT2D eigenvalue weighted by atomic mass is 16.5. The maximum atomic E-state index is 12.6. The van der Waals surface area contributed by atoms with Crippen LogP contribution >= 0.6 is 0 Å². The molecule has 5 heteroatoms. The molecule has 4 aromatic carbocycles. The van der Waals surface area contributed by atoms with E-state index in [0.29, 0.717) is 18.8 Å². The SMILES string of the molecule is NC(=O)[C@@H](Cc1cccc(OCc2ccccc2)c1)NC(=O)Cc1ccc2ccccc2c1. The van der Waals surface area contributed by atoms with Gasteiger partial charge in [0.25, 0.3) is 0 Å². The second-order valence-corrected chi connectivity index (χ2v) is 8.01. The third-order valence-corrected chi connectivity index (χ3v) is 5.44. The molecule has 3 N–H and O–H groups in total. The van der Waals surface area contributed by atoms with Crippen LogP contribution in [0.2, 0.25) is 0 Å². The second-order valence-electron chi connectivity index (χ2n) is 8.01. The molecule has 0 heterocycles. The van der Waals surface area contributed by atoms with Gasteiger partial charge in [-0.05, 0) is 39.6 Å². The molecular formula is C28H26N2O3. The molecule has 33 heavy (non-hydrogen) atoms. The number of carbonyl (C=O) groups is 2. The summed E-state index contributed by atoms with van der Waals surface area (Å²) in [6.07, 6.45) is 0.468. The fraction of sp³-hybridized carbons (Fsp3) is 0.143. The van der Waals surface area contributed by atoms with Crippen LogP contribution in [0.5, 0.6) is 5.75 Å². The van der Waals surface area contributed by atoms with Crippen molar-refractivity contribution in [3.63, 3.8) is 0 Å². The van der Waals surface area contributed by atoms with Gasteiger partial charge in [-0.1, -0.05) is 84.9 Å². The van der Waals surface area contributed by atoms with E-state index in [0.717, 1.165) is 27.5 Å². The van der Waals surface area contributed by atoms with Crippen molar-refractivity contribution in [2.45, 2.75) is 25.5 Å². The van der Waals surface area contributed by atoms with Crippen LogP contribution in [0.1, 0.15) is 16.7 Å². The van der Waals surface area contributed by atoms with Crippen LogP contribution in [0.25, 0.3) is 10.8 Å². The zero-order valence-electron chi connectivity index (χ0n) is 18.2. The summed E-state index contributed by atoms with van der Waals surface area (Å²) in [5, 5.41) is 4.97. The molecule has 0 aliphatic heterocycles. The first kappa shape index (κ1) is 22.1. The topological polar surface area (TPSA) is 81.4 Å². The molecule has 0 fully saturated rings. The van der Waals surface area contributed by atoms with Crippen molar-refractivity contribution < 1.29 is 14.3 Å². The maximum absolute atomic E-state index is 12.6. The van der Waals surface area contributed by atoms with Gasteiger partial charge >= 0.3 is 0 Å². The van der Waals surface area contributed by atoms with E-state index >= 15 is 0 Å². The Morgan fingerprint density at radius 2 is 1.48 bits per heavy atom. The Labute approximate surface area is 193 Å². The maximum Gasteiger partial charge on any atom is 0.240 e. The number of fused-ring (bicyclic) bond motifs is 1. The van der Waals surface area contributed by atoms with E-state index in [-0.39, 0.29) is 12.3 Å². The summed E-state index contributed by atoms with van der Waals surface area (Å²) < 4.78 is 5.87. The predicted molar refractivity (Wildman–Crippen MR) is 130 cm³/mol. The van der Waals surface area contributed by atoms with Gasteiger partial charge in [-0.25, -0.2) is 0 Å². The number of hydrogen-bond donors (Lipinski definition) is 2. The van der Waals surface area contributed by atoms with Gasteiger partial charge in [-0.3, -0.25) is 9.59 Å². The van der Waals surface area contributed by atoms with Crippen molar-refractivity contribution in [3.05, 3.63) is 114 Å². The quantitative estimate of drug-likeness (QED) is 0.411. The van der Waals surface area contributed by atoms with Crippen LogP contribution in [0.3, 0.4) is 0 Å². The Morgan fingerprint density at radius 1 is 0.758 bits per heavy atom. The molecule has 0 aromatic heterocycles. The number of hydrogen-bond acceptors (Lipinski definition) is 3. The average Bonchev–Trinajstić information content (AvgIpc) is 2.83. The lowest BCUT2D eigenvalue weighted by Gasteiger charge is -2.16. The van der Waals surface area contributed by atoms with E-state index in [2.05, 4.69) is 5.32 Å². The lowest BCUT2D eigenvalue weighted by atomic mass is 10.0. The molecule has 0 radical (unpaired) electrons. The average molecular weight is 439 g/mol. The van der Waals surface area contributed by atoms with E-state index in [4.69, 9.17) is 10.5 Å². The first-order valence-corrected chi connectivity index (χ1v) is 10.9. The third-order valence-electron chi connectivity index (χ3n) is 5.44. The first-order valence-electron chi connectivity index (χ1n) is 10.9. The van der Waals surface area contributed by atoms with Crippen LogP contribution in [-0.4, -0.2) is 17.9 Å². The molecule has 4 aromatic rings. The number of carbonyl (C=O) groups excluding carboxylic acids is 2. The van der Waals surface area contributed by atoms with Crippen molar-refractivity contribution >= 4 is 22.6 Å². The zero-order valence-corrected chi connectivity index (χ0v) is 18.2. The highest BCUT2D eigenvalue weighted by Crippen LogP contribution is 2.18. The van der Waals surface area contributed by atoms with E-state index in [9.17, 15) is 9.59 Å². The van der Waals surface area contributed by atoms with Gasteiger partial charge < -0.3 is 15.8 Å². The molecule has 1 atom stereocenters. The highest BCUT2D eigenvalue weighted by molar-refractivity contribution is 5.89. The monoisotopic (exact) mass is 438 g/mol. The Hall–Kier alpha value is -4.12. The molecule has 4 rings (SSSR count). The zero-order chi connectivity index (χ0) is 23.0. The molecule has 166 valence electrons. The molecule has 0 spiro atoms. The van der Waals surface area contributed by atoms with Gasteiger partial charge in [0, 0.05) is 6.42 Å². The molecule has 2 amide bonds. The summed E-state index contributed by atoms with van der Waals surface area (Å²) >= 11 is 0. The number of nitrogens with two attached hydrogens (primary N) is 1. The van der Waals surface area contributed by atoms with E-state index in [1.54, 1.807) is 0 Å². The lowest BCUT2D eigenvalue weighted by molar-refractivity contribution is -0.127. The smallest absolute Gasteiger partial charge is 0.240 e. The van der Waals surface area contributed by atoms with Crippen molar-refractivity contribution in [2.24, 2.45) is 5.73 Å². The van der Waals surface area contributed by atoms with Gasteiger partial charge in [0.2, 0.25) is 11.8 Å². The summed E-state index contributed by atoms with van der Waals surface area (Å²) in [7, 11) is 0. The number of benzene rings is 4. The molecule has 0 saturated carbocycles. The number of ether oxygens (including phenoxy) is 1. The minimum Gasteiger partial charge on any atom is -0.489 e. The molecule has 0 aliphatic rings. The summed E-state index contributed by atoms with van der Waals surface area (Å²) in [4.78, 5) is 24.7. The van der Waals surface area contributed by atoms with Gasteiger partial charge in [0.15, 0.2) is 0 Å². The molecule has 0 unspecified atom stereocenters. The summed E-state index contributed by atoms with van der Waals surface area (Å²) in [6.45, 7) is 0.450. The van der Waals surface area contributed by atoms with E-state index < -0.39 is 11.9 Å². The number of nitrogens with one attached hydrogen (secondary N) is 1. The standard InChI is InChI=1S/C28H26N2O3/c29-28(32)26(30-27(31)18-22-13-14-23-10-4-5-11-24(23)15-22)17-21-9-6-12-25(16-21)33-19-20-7-2-1-3-8-20/h1-16,26H,17-19H2,(H2,29,32)(H,30,31)/t26-/m1/s1. The Balaban J connectivity index is 1.37. The molecule has 0 saturated heterocycles. The molecular weight excluding hydrogens is 412 g/mol. The van der Waals surface area contributed by atoms with E-state index in [1.807, 2.05) is 97.1 Å². The Kier molecular flexibility index (Phi) is 7.00. The highest BCUT2D eigenvalue weighted by Gasteiger charge is 2.19. The number of amides is 2. The fourth-order valence-electron chi connectivity index (χ4n) is 3.74. The van der Waals surface area contributed by atoms with Crippen LogP contribution in [0, 0.1) is 0 Å². The number of primary amides is 1.